The first kappa shape index (κ1) is 13.6. The van der Waals surface area contributed by atoms with Crippen LogP contribution in [-0.2, 0) is 20.5 Å². The van der Waals surface area contributed by atoms with E-state index in [1.54, 1.807) is 4.90 Å². The van der Waals surface area contributed by atoms with Crippen LogP contribution in [0.4, 0.5) is 5.69 Å². The molecule has 0 N–H and O–H groups in total. The summed E-state index contributed by atoms with van der Waals surface area (Å²) in [7, 11) is 1.40. The zero-order valence-corrected chi connectivity index (χ0v) is 12.7. The molecule has 0 aliphatic carbocycles. The molecule has 0 saturated carbocycles. The van der Waals surface area contributed by atoms with Crippen molar-refractivity contribution in [3.05, 3.63) is 23.8 Å². The first-order valence-corrected chi connectivity index (χ1v) is 6.97. The number of hydrogen-bond acceptors (Lipinski definition) is 3. The van der Waals surface area contributed by atoms with Gasteiger partial charge in [-0.1, -0.05) is 12.1 Å². The van der Waals surface area contributed by atoms with Crippen molar-refractivity contribution in [2.75, 3.05) is 11.9 Å². The molecule has 2 heterocycles. The van der Waals surface area contributed by atoms with E-state index in [4.69, 9.17) is 9.31 Å². The van der Waals surface area contributed by atoms with E-state index in [2.05, 4.69) is 0 Å². The molecule has 1 amide bonds. The van der Waals surface area contributed by atoms with E-state index < -0.39 is 7.12 Å². The van der Waals surface area contributed by atoms with Gasteiger partial charge in [0.1, 0.15) is 0 Å². The lowest BCUT2D eigenvalue weighted by atomic mass is 9.75. The Morgan fingerprint density at radius 1 is 1.15 bits per heavy atom. The van der Waals surface area contributed by atoms with E-state index in [9.17, 15) is 4.79 Å². The summed E-state index contributed by atoms with van der Waals surface area (Å²) in [6.07, 6.45) is 0.423. The first-order valence-electron chi connectivity index (χ1n) is 6.97. The van der Waals surface area contributed by atoms with E-state index in [0.717, 1.165) is 16.7 Å². The molecular formula is C15H20BNO3. The number of fused-ring (bicyclic) bond motifs is 1. The van der Waals surface area contributed by atoms with E-state index in [0.29, 0.717) is 6.42 Å². The second kappa shape index (κ2) is 4.09. The molecule has 0 unspecified atom stereocenters. The van der Waals surface area contributed by atoms with E-state index in [1.165, 1.54) is 0 Å². The highest BCUT2D eigenvalue weighted by Gasteiger charge is 2.52. The van der Waals surface area contributed by atoms with Gasteiger partial charge in [0.2, 0.25) is 5.91 Å². The Morgan fingerprint density at radius 2 is 1.75 bits per heavy atom. The Morgan fingerprint density at radius 3 is 2.35 bits per heavy atom. The van der Waals surface area contributed by atoms with Crippen molar-refractivity contribution in [1.82, 2.24) is 0 Å². The molecule has 106 valence electrons. The van der Waals surface area contributed by atoms with Gasteiger partial charge >= 0.3 is 7.12 Å². The first-order chi connectivity index (χ1) is 9.23. The van der Waals surface area contributed by atoms with Gasteiger partial charge in [-0.15, -0.1) is 0 Å². The number of amides is 1. The topological polar surface area (TPSA) is 38.8 Å². The third kappa shape index (κ3) is 1.80. The Labute approximate surface area is 120 Å². The summed E-state index contributed by atoms with van der Waals surface area (Å²) < 4.78 is 12.2. The Hall–Kier alpha value is -1.33. The van der Waals surface area contributed by atoms with Crippen molar-refractivity contribution >= 4 is 24.2 Å². The lowest BCUT2D eigenvalue weighted by Gasteiger charge is -2.32. The maximum atomic E-state index is 11.9. The van der Waals surface area contributed by atoms with Gasteiger partial charge in [0.15, 0.2) is 0 Å². The number of likely N-dealkylation sites (N-methyl/N-ethyl adjacent to an activating group) is 1. The molecule has 2 aliphatic heterocycles. The number of benzene rings is 1. The van der Waals surface area contributed by atoms with Crippen LogP contribution in [0.1, 0.15) is 33.3 Å². The van der Waals surface area contributed by atoms with Crippen molar-refractivity contribution in [1.29, 1.82) is 0 Å². The minimum atomic E-state index is -0.408. The van der Waals surface area contributed by atoms with E-state index in [-0.39, 0.29) is 17.1 Å². The normalized spacial score (nSPS) is 23.4. The standard InChI is InChI=1S/C15H20BNO3/c1-14(2)15(3,4)20-16(19-14)11-7-6-8-12-10(11)9-13(18)17(12)5/h6-8H,9H2,1-5H3. The summed E-state index contributed by atoms with van der Waals surface area (Å²) >= 11 is 0. The molecular weight excluding hydrogens is 253 g/mol. The van der Waals surface area contributed by atoms with Crippen LogP contribution >= 0.6 is 0 Å². The van der Waals surface area contributed by atoms with Gasteiger partial charge in [-0.25, -0.2) is 0 Å². The van der Waals surface area contributed by atoms with Crippen LogP contribution in [0.15, 0.2) is 18.2 Å². The van der Waals surface area contributed by atoms with Crippen molar-refractivity contribution in [2.45, 2.75) is 45.3 Å². The second-order valence-corrected chi connectivity index (χ2v) is 6.56. The average Bonchev–Trinajstić information content (AvgIpc) is 2.74. The van der Waals surface area contributed by atoms with Gasteiger partial charge in [0.25, 0.3) is 0 Å². The highest BCUT2D eigenvalue weighted by atomic mass is 16.7. The van der Waals surface area contributed by atoms with Crippen molar-refractivity contribution in [3.8, 4) is 0 Å². The fraction of sp³-hybridized carbons (Fsp3) is 0.533. The molecule has 1 fully saturated rings. The molecule has 3 rings (SSSR count). The maximum Gasteiger partial charge on any atom is 0.495 e. The van der Waals surface area contributed by atoms with Gasteiger partial charge in [-0.05, 0) is 44.8 Å². The number of carbonyl (C=O) groups excluding carboxylic acids is 1. The Kier molecular flexibility index (Phi) is 2.79. The number of carbonyl (C=O) groups is 1. The SMILES string of the molecule is CN1C(=O)Cc2c(B3OC(C)(C)C(C)(C)O3)cccc21. The summed E-state index contributed by atoms with van der Waals surface area (Å²) in [5.74, 6) is 0.115. The van der Waals surface area contributed by atoms with Crippen LogP contribution in [0.25, 0.3) is 0 Å². The summed E-state index contributed by atoms with van der Waals surface area (Å²) in [6.45, 7) is 8.14. The van der Waals surface area contributed by atoms with E-state index >= 15 is 0 Å². The highest BCUT2D eigenvalue weighted by molar-refractivity contribution is 6.63. The maximum absolute atomic E-state index is 11.9. The predicted octanol–water partition coefficient (Wildman–Crippen LogP) is 1.50. The summed E-state index contributed by atoms with van der Waals surface area (Å²) in [4.78, 5) is 13.6. The third-order valence-electron chi connectivity index (χ3n) is 4.76. The molecule has 2 aliphatic rings. The van der Waals surface area contributed by atoms with Gasteiger partial charge in [0, 0.05) is 12.7 Å². The smallest absolute Gasteiger partial charge is 0.399 e. The van der Waals surface area contributed by atoms with Crippen LogP contribution in [0.3, 0.4) is 0 Å². The fourth-order valence-corrected chi connectivity index (χ4v) is 2.69. The number of nitrogens with zero attached hydrogens (tertiary/aromatic N) is 1. The highest BCUT2D eigenvalue weighted by Crippen LogP contribution is 2.37. The van der Waals surface area contributed by atoms with Crippen molar-refractivity contribution in [2.24, 2.45) is 0 Å². The molecule has 0 spiro atoms. The third-order valence-corrected chi connectivity index (χ3v) is 4.76. The molecule has 1 aromatic carbocycles. The van der Waals surface area contributed by atoms with Gasteiger partial charge in [-0.3, -0.25) is 4.79 Å². The van der Waals surface area contributed by atoms with Crippen LogP contribution in [0, 0.1) is 0 Å². The number of hydrogen-bond donors (Lipinski definition) is 0. The van der Waals surface area contributed by atoms with Gasteiger partial charge in [-0.2, -0.15) is 0 Å². The molecule has 1 aromatic rings. The minimum Gasteiger partial charge on any atom is -0.399 e. The molecule has 5 heteroatoms. The summed E-state index contributed by atoms with van der Waals surface area (Å²) in [5, 5.41) is 0. The Balaban J connectivity index is 2.01. The fourth-order valence-electron chi connectivity index (χ4n) is 2.69. The minimum absolute atomic E-state index is 0.115. The van der Waals surface area contributed by atoms with Crippen LogP contribution in [0.2, 0.25) is 0 Å². The molecule has 1 saturated heterocycles. The van der Waals surface area contributed by atoms with Crippen LogP contribution in [0.5, 0.6) is 0 Å². The average molecular weight is 273 g/mol. The Bertz CT molecular complexity index is 566. The molecule has 4 nitrogen and oxygen atoms in total. The molecule has 0 atom stereocenters. The zero-order chi connectivity index (χ0) is 14.7. The van der Waals surface area contributed by atoms with Gasteiger partial charge < -0.3 is 14.2 Å². The molecule has 0 bridgehead atoms. The van der Waals surface area contributed by atoms with Crippen molar-refractivity contribution < 1.29 is 14.1 Å². The molecule has 0 radical (unpaired) electrons. The van der Waals surface area contributed by atoms with E-state index in [1.807, 2.05) is 52.9 Å². The summed E-state index contributed by atoms with van der Waals surface area (Å²) in [6, 6.07) is 5.91. The van der Waals surface area contributed by atoms with Crippen LogP contribution < -0.4 is 10.4 Å². The largest absolute Gasteiger partial charge is 0.495 e. The monoisotopic (exact) mass is 273 g/mol. The summed E-state index contributed by atoms with van der Waals surface area (Å²) in [5.41, 5.74) is 2.23. The number of anilines is 1. The number of rotatable bonds is 1. The predicted molar refractivity (Wildman–Crippen MR) is 79.3 cm³/mol. The van der Waals surface area contributed by atoms with Crippen molar-refractivity contribution in [3.63, 3.8) is 0 Å². The quantitative estimate of drug-likeness (QED) is 0.728. The molecule has 20 heavy (non-hydrogen) atoms. The van der Waals surface area contributed by atoms with Crippen LogP contribution in [-0.4, -0.2) is 31.3 Å². The lowest BCUT2D eigenvalue weighted by molar-refractivity contribution is -0.117. The van der Waals surface area contributed by atoms with Gasteiger partial charge in [0.05, 0.1) is 17.6 Å². The lowest BCUT2D eigenvalue weighted by Crippen LogP contribution is -2.41. The zero-order valence-electron chi connectivity index (χ0n) is 12.7. The second-order valence-electron chi connectivity index (χ2n) is 6.56. The molecule has 0 aromatic heterocycles.